The number of nitrogens with zero attached hydrogens (tertiary/aromatic N) is 3. The van der Waals surface area contributed by atoms with E-state index in [1.807, 2.05) is 35.2 Å². The molecule has 0 bridgehead atoms. The summed E-state index contributed by atoms with van der Waals surface area (Å²) in [7, 11) is 0. The van der Waals surface area contributed by atoms with Gasteiger partial charge in [-0.25, -0.2) is 0 Å². The van der Waals surface area contributed by atoms with Gasteiger partial charge in [-0.1, -0.05) is 18.2 Å². The predicted molar refractivity (Wildman–Crippen MR) is 73.9 cm³/mol. The van der Waals surface area contributed by atoms with E-state index in [1.54, 1.807) is 0 Å². The smallest absolute Gasteiger partial charge is 0.247 e. The lowest BCUT2D eigenvalue weighted by molar-refractivity contribution is -0.131. The lowest BCUT2D eigenvalue weighted by Gasteiger charge is -2.26. The van der Waals surface area contributed by atoms with Gasteiger partial charge in [-0.15, -0.1) is 10.2 Å². The van der Waals surface area contributed by atoms with E-state index in [0.717, 1.165) is 31.5 Å². The van der Waals surface area contributed by atoms with Crippen LogP contribution in [0, 0.1) is 0 Å². The molecular weight excluding hydrogens is 254 g/mol. The van der Waals surface area contributed by atoms with Gasteiger partial charge < -0.3 is 9.32 Å². The zero-order valence-corrected chi connectivity index (χ0v) is 11.3. The van der Waals surface area contributed by atoms with Gasteiger partial charge in [-0.05, 0) is 31.4 Å². The number of likely N-dealkylation sites (tertiary alicyclic amines) is 1. The fourth-order valence-corrected chi connectivity index (χ4v) is 2.41. The Morgan fingerprint density at radius 1 is 1.10 bits per heavy atom. The summed E-state index contributed by atoms with van der Waals surface area (Å²) in [4.78, 5) is 14.0. The van der Waals surface area contributed by atoms with Crippen molar-refractivity contribution in [1.29, 1.82) is 0 Å². The van der Waals surface area contributed by atoms with Crippen molar-refractivity contribution in [1.82, 2.24) is 15.1 Å². The summed E-state index contributed by atoms with van der Waals surface area (Å²) in [5.41, 5.74) is 0.872. The minimum absolute atomic E-state index is 0.0768. The Morgan fingerprint density at radius 2 is 1.85 bits per heavy atom. The lowest BCUT2D eigenvalue weighted by Crippen LogP contribution is -2.36. The molecule has 104 valence electrons. The Bertz CT molecular complexity index is 574. The summed E-state index contributed by atoms with van der Waals surface area (Å²) in [6.07, 6.45) is 3.58. The molecular formula is C15H17N3O2. The molecule has 1 aliphatic rings. The van der Waals surface area contributed by atoms with Gasteiger partial charge >= 0.3 is 0 Å². The van der Waals surface area contributed by atoms with Crippen LogP contribution in [0.1, 0.15) is 25.2 Å². The number of hydrogen-bond donors (Lipinski definition) is 0. The summed E-state index contributed by atoms with van der Waals surface area (Å²) in [6.45, 7) is 1.69. The molecule has 1 fully saturated rings. The molecule has 1 amide bonds. The van der Waals surface area contributed by atoms with E-state index in [-0.39, 0.29) is 12.3 Å². The van der Waals surface area contributed by atoms with Crippen LogP contribution in [-0.2, 0) is 11.2 Å². The fraction of sp³-hybridized carbons (Fsp3) is 0.400. The lowest BCUT2D eigenvalue weighted by atomic mass is 10.1. The van der Waals surface area contributed by atoms with Crippen molar-refractivity contribution in [3.8, 4) is 11.5 Å². The summed E-state index contributed by atoms with van der Waals surface area (Å²) < 4.78 is 5.56. The third kappa shape index (κ3) is 2.87. The number of carbonyl (C=O) groups is 1. The molecule has 3 rings (SSSR count). The second-order valence-electron chi connectivity index (χ2n) is 4.99. The van der Waals surface area contributed by atoms with E-state index in [4.69, 9.17) is 4.42 Å². The van der Waals surface area contributed by atoms with Gasteiger partial charge in [0.15, 0.2) is 0 Å². The quantitative estimate of drug-likeness (QED) is 0.859. The average Bonchev–Trinajstić information content (AvgIpc) is 2.97. The van der Waals surface area contributed by atoms with Crippen molar-refractivity contribution in [2.75, 3.05) is 13.1 Å². The summed E-state index contributed by atoms with van der Waals surface area (Å²) in [6, 6.07) is 9.57. The zero-order valence-electron chi connectivity index (χ0n) is 11.3. The first-order valence-corrected chi connectivity index (χ1v) is 6.98. The summed E-state index contributed by atoms with van der Waals surface area (Å²) >= 11 is 0. The van der Waals surface area contributed by atoms with E-state index in [1.165, 1.54) is 6.42 Å². The SMILES string of the molecule is O=C(Cc1nnc(-c2ccccc2)o1)N1CCCCC1. The van der Waals surface area contributed by atoms with Crippen LogP contribution in [0.15, 0.2) is 34.7 Å². The van der Waals surface area contributed by atoms with Crippen molar-refractivity contribution in [3.63, 3.8) is 0 Å². The second kappa shape index (κ2) is 5.86. The molecule has 20 heavy (non-hydrogen) atoms. The van der Waals surface area contributed by atoms with Gasteiger partial charge in [-0.2, -0.15) is 0 Å². The van der Waals surface area contributed by atoms with E-state index >= 15 is 0 Å². The molecule has 0 saturated carbocycles. The number of rotatable bonds is 3. The Hall–Kier alpha value is -2.17. The minimum atomic E-state index is 0.0768. The van der Waals surface area contributed by atoms with Crippen LogP contribution in [0.4, 0.5) is 0 Å². The van der Waals surface area contributed by atoms with Crippen LogP contribution < -0.4 is 0 Å². The maximum Gasteiger partial charge on any atom is 0.247 e. The molecule has 1 saturated heterocycles. The van der Waals surface area contributed by atoms with Gasteiger partial charge in [0, 0.05) is 18.7 Å². The van der Waals surface area contributed by atoms with Crippen molar-refractivity contribution >= 4 is 5.91 Å². The van der Waals surface area contributed by atoms with Crippen LogP contribution in [0.3, 0.4) is 0 Å². The fourth-order valence-electron chi connectivity index (χ4n) is 2.41. The maximum atomic E-state index is 12.1. The molecule has 1 aliphatic heterocycles. The van der Waals surface area contributed by atoms with E-state index < -0.39 is 0 Å². The summed E-state index contributed by atoms with van der Waals surface area (Å²) in [5.74, 6) is 0.930. The van der Waals surface area contributed by atoms with Gasteiger partial charge in [0.2, 0.25) is 17.7 Å². The molecule has 0 N–H and O–H groups in total. The Morgan fingerprint density at radius 3 is 2.60 bits per heavy atom. The van der Waals surface area contributed by atoms with E-state index in [9.17, 15) is 4.79 Å². The highest BCUT2D eigenvalue weighted by molar-refractivity contribution is 5.77. The largest absolute Gasteiger partial charge is 0.420 e. The third-order valence-electron chi connectivity index (χ3n) is 3.50. The maximum absolute atomic E-state index is 12.1. The van der Waals surface area contributed by atoms with E-state index in [2.05, 4.69) is 10.2 Å². The van der Waals surface area contributed by atoms with Crippen LogP contribution in [-0.4, -0.2) is 34.1 Å². The van der Waals surface area contributed by atoms with Crippen molar-refractivity contribution in [2.45, 2.75) is 25.7 Å². The molecule has 5 nitrogen and oxygen atoms in total. The molecule has 1 aromatic heterocycles. The molecule has 1 aromatic carbocycles. The van der Waals surface area contributed by atoms with Gasteiger partial charge in [-0.3, -0.25) is 4.79 Å². The standard InChI is InChI=1S/C15H17N3O2/c19-14(18-9-5-2-6-10-18)11-13-16-17-15(20-13)12-7-3-1-4-8-12/h1,3-4,7-8H,2,5-6,9-11H2. The van der Waals surface area contributed by atoms with Crippen LogP contribution in [0.5, 0.6) is 0 Å². The molecule has 0 unspecified atom stereocenters. The van der Waals surface area contributed by atoms with E-state index in [0.29, 0.717) is 11.8 Å². The molecule has 2 aromatic rings. The molecule has 0 radical (unpaired) electrons. The minimum Gasteiger partial charge on any atom is -0.420 e. The first-order chi connectivity index (χ1) is 9.83. The Balaban J connectivity index is 1.66. The van der Waals surface area contributed by atoms with Crippen molar-refractivity contribution in [3.05, 3.63) is 36.2 Å². The molecule has 2 heterocycles. The van der Waals surface area contributed by atoms with Crippen LogP contribution in [0.25, 0.3) is 11.5 Å². The number of carbonyl (C=O) groups excluding carboxylic acids is 1. The highest BCUT2D eigenvalue weighted by atomic mass is 16.4. The Kier molecular flexibility index (Phi) is 3.76. The Labute approximate surface area is 117 Å². The number of aromatic nitrogens is 2. The number of benzene rings is 1. The van der Waals surface area contributed by atoms with Crippen LogP contribution >= 0.6 is 0 Å². The number of piperidine rings is 1. The highest BCUT2D eigenvalue weighted by Gasteiger charge is 2.19. The third-order valence-corrected chi connectivity index (χ3v) is 3.50. The van der Waals surface area contributed by atoms with Gasteiger partial charge in [0.25, 0.3) is 0 Å². The number of hydrogen-bond acceptors (Lipinski definition) is 4. The molecule has 5 heteroatoms. The monoisotopic (exact) mass is 271 g/mol. The number of amides is 1. The summed E-state index contributed by atoms with van der Waals surface area (Å²) in [5, 5.41) is 7.96. The second-order valence-corrected chi connectivity index (χ2v) is 4.99. The van der Waals surface area contributed by atoms with Crippen molar-refractivity contribution in [2.24, 2.45) is 0 Å². The molecule has 0 spiro atoms. The molecule has 0 aliphatic carbocycles. The van der Waals surface area contributed by atoms with Gasteiger partial charge in [0.1, 0.15) is 6.42 Å². The van der Waals surface area contributed by atoms with Gasteiger partial charge in [0.05, 0.1) is 0 Å². The van der Waals surface area contributed by atoms with Crippen LogP contribution in [0.2, 0.25) is 0 Å². The molecule has 0 atom stereocenters. The normalized spacial score (nSPS) is 15.3. The first-order valence-electron chi connectivity index (χ1n) is 6.98. The first kappa shape index (κ1) is 12.8. The average molecular weight is 271 g/mol. The topological polar surface area (TPSA) is 59.2 Å². The predicted octanol–water partition coefficient (Wildman–Crippen LogP) is 2.29. The van der Waals surface area contributed by atoms with Crippen molar-refractivity contribution < 1.29 is 9.21 Å². The zero-order chi connectivity index (χ0) is 13.8. The highest BCUT2D eigenvalue weighted by Crippen LogP contribution is 2.18.